The van der Waals surface area contributed by atoms with E-state index in [0.29, 0.717) is 10.1 Å². The maximum atomic E-state index is 10.5. The Morgan fingerprint density at radius 3 is 3.00 bits per heavy atom. The predicted octanol–water partition coefficient (Wildman–Crippen LogP) is 0.900. The average molecular weight is 227 g/mol. The van der Waals surface area contributed by atoms with Gasteiger partial charge in [0.2, 0.25) is 5.82 Å². The van der Waals surface area contributed by atoms with E-state index in [9.17, 15) is 4.79 Å². The first-order chi connectivity index (χ1) is 7.20. The maximum Gasteiger partial charge on any atom is 0.394 e. The number of carbonyl (C=O) groups is 1. The third-order valence-electron chi connectivity index (χ3n) is 1.49. The van der Waals surface area contributed by atoms with Crippen LogP contribution in [-0.2, 0) is 0 Å². The molecule has 78 valence electrons. The summed E-state index contributed by atoms with van der Waals surface area (Å²) in [5, 5.41) is 12.5. The number of carboxylic acids is 1. The largest absolute Gasteiger partial charge is 0.474 e. The van der Waals surface area contributed by atoms with Gasteiger partial charge < -0.3 is 14.4 Å². The monoisotopic (exact) mass is 227 g/mol. The lowest BCUT2D eigenvalue weighted by Gasteiger charge is -1.86. The van der Waals surface area contributed by atoms with Gasteiger partial charge in [-0.25, -0.2) is 9.78 Å². The van der Waals surface area contributed by atoms with Crippen LogP contribution in [0.4, 0.5) is 0 Å². The summed E-state index contributed by atoms with van der Waals surface area (Å²) in [6, 6.07) is 0. The van der Waals surface area contributed by atoms with Crippen molar-refractivity contribution in [1.82, 2.24) is 15.1 Å². The smallest absolute Gasteiger partial charge is 0.394 e. The molecule has 2 rings (SSSR count). The van der Waals surface area contributed by atoms with Crippen molar-refractivity contribution in [2.45, 2.75) is 0 Å². The number of nitrogens with zero attached hydrogens (tertiary/aromatic N) is 3. The molecule has 0 aliphatic rings. The third-order valence-corrected chi connectivity index (χ3v) is 2.44. The van der Waals surface area contributed by atoms with Crippen LogP contribution in [0.5, 0.6) is 5.19 Å². The Labute approximate surface area is 87.3 Å². The number of hydrogen-bond donors (Lipinski definition) is 1. The van der Waals surface area contributed by atoms with E-state index in [4.69, 9.17) is 9.84 Å². The molecule has 2 heterocycles. The van der Waals surface area contributed by atoms with E-state index >= 15 is 0 Å². The second-order valence-corrected chi connectivity index (χ2v) is 3.42. The van der Waals surface area contributed by atoms with Gasteiger partial charge in [-0.3, -0.25) is 0 Å². The predicted molar refractivity (Wildman–Crippen MR) is 48.9 cm³/mol. The van der Waals surface area contributed by atoms with Crippen LogP contribution in [0.3, 0.4) is 0 Å². The molecule has 2 aromatic rings. The molecule has 0 saturated carbocycles. The van der Waals surface area contributed by atoms with Crippen molar-refractivity contribution in [3.63, 3.8) is 0 Å². The second kappa shape index (κ2) is 3.65. The SMILES string of the molecule is COc1ncc(-c2noc(C(=O)O)n2)s1. The fraction of sp³-hybridized carbons (Fsp3) is 0.143. The summed E-state index contributed by atoms with van der Waals surface area (Å²) in [4.78, 5) is 18.6. The molecule has 0 fully saturated rings. The molecule has 0 amide bonds. The van der Waals surface area contributed by atoms with Crippen molar-refractivity contribution in [2.24, 2.45) is 0 Å². The molecule has 15 heavy (non-hydrogen) atoms. The van der Waals surface area contributed by atoms with Crippen molar-refractivity contribution in [1.29, 1.82) is 0 Å². The standard InChI is InChI=1S/C7H5N3O4S/c1-13-7-8-2-3(15-7)4-9-5(6(11)12)14-10-4/h2H,1H3,(H,11,12). The molecular weight excluding hydrogens is 222 g/mol. The molecule has 0 spiro atoms. The zero-order valence-electron chi connectivity index (χ0n) is 7.50. The van der Waals surface area contributed by atoms with Crippen molar-refractivity contribution in [3.8, 4) is 15.9 Å². The van der Waals surface area contributed by atoms with Crippen LogP contribution < -0.4 is 4.74 Å². The van der Waals surface area contributed by atoms with E-state index < -0.39 is 11.9 Å². The minimum Gasteiger partial charge on any atom is -0.474 e. The molecule has 1 N–H and O–H groups in total. The Hall–Kier alpha value is -1.96. The first kappa shape index (κ1) is 9.59. The summed E-state index contributed by atoms with van der Waals surface area (Å²) >= 11 is 1.20. The molecule has 2 aromatic heterocycles. The Morgan fingerprint density at radius 1 is 1.67 bits per heavy atom. The van der Waals surface area contributed by atoms with Gasteiger partial charge in [-0.05, 0) is 0 Å². The summed E-state index contributed by atoms with van der Waals surface area (Å²) in [7, 11) is 1.49. The fourth-order valence-electron chi connectivity index (χ4n) is 0.866. The second-order valence-electron chi connectivity index (χ2n) is 2.42. The van der Waals surface area contributed by atoms with Gasteiger partial charge >= 0.3 is 11.9 Å². The molecule has 0 unspecified atom stereocenters. The highest BCUT2D eigenvalue weighted by molar-refractivity contribution is 7.16. The lowest BCUT2D eigenvalue weighted by atomic mass is 10.5. The van der Waals surface area contributed by atoms with E-state index in [1.165, 1.54) is 24.6 Å². The average Bonchev–Trinajstić information content (AvgIpc) is 2.86. The van der Waals surface area contributed by atoms with Gasteiger partial charge in [0, 0.05) is 0 Å². The summed E-state index contributed by atoms with van der Waals surface area (Å²) in [5.41, 5.74) is 0. The highest BCUT2D eigenvalue weighted by atomic mass is 32.1. The molecule has 0 aliphatic heterocycles. The molecule has 0 saturated heterocycles. The zero-order chi connectivity index (χ0) is 10.8. The van der Waals surface area contributed by atoms with Crippen LogP contribution in [-0.4, -0.2) is 33.3 Å². The highest BCUT2D eigenvalue weighted by Gasteiger charge is 2.16. The molecule has 0 bridgehead atoms. The number of rotatable bonds is 3. The summed E-state index contributed by atoms with van der Waals surface area (Å²) < 4.78 is 9.38. The van der Waals surface area contributed by atoms with Crippen molar-refractivity contribution in [3.05, 3.63) is 12.1 Å². The van der Waals surface area contributed by atoms with E-state index in [-0.39, 0.29) is 5.82 Å². The number of hydrogen-bond acceptors (Lipinski definition) is 7. The number of carboxylic acid groups (broad SMARTS) is 1. The molecule has 8 heteroatoms. The van der Waals surface area contributed by atoms with E-state index in [1.807, 2.05) is 0 Å². The minimum atomic E-state index is -1.26. The van der Waals surface area contributed by atoms with Gasteiger partial charge in [0.25, 0.3) is 5.19 Å². The first-order valence-corrected chi connectivity index (χ1v) is 4.59. The highest BCUT2D eigenvalue weighted by Crippen LogP contribution is 2.27. The lowest BCUT2D eigenvalue weighted by molar-refractivity contribution is 0.0643. The summed E-state index contributed by atoms with van der Waals surface area (Å²) in [6.45, 7) is 0. The van der Waals surface area contributed by atoms with Crippen LogP contribution in [0.25, 0.3) is 10.7 Å². The molecule has 0 radical (unpaired) electrons. The van der Waals surface area contributed by atoms with Crippen LogP contribution in [0, 0.1) is 0 Å². The molecule has 0 aromatic carbocycles. The van der Waals surface area contributed by atoms with Gasteiger partial charge in [0.05, 0.1) is 18.2 Å². The number of ether oxygens (including phenoxy) is 1. The van der Waals surface area contributed by atoms with Crippen molar-refractivity contribution < 1.29 is 19.2 Å². The Kier molecular flexibility index (Phi) is 2.34. The van der Waals surface area contributed by atoms with Crippen LogP contribution in [0.2, 0.25) is 0 Å². The fourth-order valence-corrected chi connectivity index (χ4v) is 1.52. The van der Waals surface area contributed by atoms with Gasteiger partial charge in [-0.2, -0.15) is 4.98 Å². The van der Waals surface area contributed by atoms with Gasteiger partial charge in [0.15, 0.2) is 0 Å². The number of thiazole rings is 1. The van der Waals surface area contributed by atoms with Crippen LogP contribution in [0.1, 0.15) is 10.7 Å². The van der Waals surface area contributed by atoms with Gasteiger partial charge in [-0.15, -0.1) is 0 Å². The van der Waals surface area contributed by atoms with E-state index in [1.54, 1.807) is 0 Å². The van der Waals surface area contributed by atoms with E-state index in [2.05, 4.69) is 19.6 Å². The van der Waals surface area contributed by atoms with Crippen LogP contribution in [0.15, 0.2) is 10.7 Å². The number of aromatic nitrogens is 3. The normalized spacial score (nSPS) is 10.2. The molecule has 0 atom stereocenters. The van der Waals surface area contributed by atoms with Crippen molar-refractivity contribution >= 4 is 17.3 Å². The van der Waals surface area contributed by atoms with E-state index in [0.717, 1.165) is 0 Å². The maximum absolute atomic E-state index is 10.5. The Morgan fingerprint density at radius 2 is 2.47 bits per heavy atom. The molecule has 7 nitrogen and oxygen atoms in total. The zero-order valence-corrected chi connectivity index (χ0v) is 8.32. The molecule has 0 aliphatic carbocycles. The van der Waals surface area contributed by atoms with Crippen molar-refractivity contribution in [2.75, 3.05) is 7.11 Å². The lowest BCUT2D eigenvalue weighted by Crippen LogP contribution is -1.95. The number of methoxy groups -OCH3 is 1. The quantitative estimate of drug-likeness (QED) is 0.831. The summed E-state index contributed by atoms with van der Waals surface area (Å²) in [6.07, 6.45) is 1.49. The Bertz CT molecular complexity index is 492. The topological polar surface area (TPSA) is 98.3 Å². The summed E-state index contributed by atoms with van der Waals surface area (Å²) in [5.74, 6) is -1.52. The minimum absolute atomic E-state index is 0.188. The number of aromatic carboxylic acids is 1. The Balaban J connectivity index is 2.32. The first-order valence-electron chi connectivity index (χ1n) is 3.78. The van der Waals surface area contributed by atoms with Gasteiger partial charge in [-0.1, -0.05) is 16.5 Å². The molecular formula is C7H5N3O4S. The van der Waals surface area contributed by atoms with Gasteiger partial charge in [0.1, 0.15) is 0 Å². The third kappa shape index (κ3) is 1.79. The van der Waals surface area contributed by atoms with Crippen LogP contribution >= 0.6 is 11.3 Å².